The zero-order valence-corrected chi connectivity index (χ0v) is 22.6. The molecule has 5 rings (SSSR count). The Labute approximate surface area is 227 Å². The molecule has 2 heterocycles. The third-order valence-electron chi connectivity index (χ3n) is 7.67. The quantitative estimate of drug-likeness (QED) is 0.300. The summed E-state index contributed by atoms with van der Waals surface area (Å²) in [5.41, 5.74) is 2.74. The molecule has 2 aliphatic rings. The van der Waals surface area contributed by atoms with Crippen LogP contribution in [0.3, 0.4) is 0 Å². The summed E-state index contributed by atoms with van der Waals surface area (Å²) in [4.78, 5) is 29.5. The largest absolute Gasteiger partial charge is 0.351 e. The Morgan fingerprint density at radius 1 is 1.08 bits per heavy atom. The van der Waals surface area contributed by atoms with Crippen LogP contribution in [0.2, 0.25) is 5.02 Å². The molecule has 0 radical (unpaired) electrons. The van der Waals surface area contributed by atoms with Crippen LogP contribution in [0.15, 0.2) is 54.6 Å². The number of aromatic nitrogens is 2. The minimum Gasteiger partial charge on any atom is -0.351 e. The molecular formula is C29H32Cl2N4O2. The first kappa shape index (κ1) is 25.8. The maximum Gasteiger partial charge on any atom is 0.273 e. The van der Waals surface area contributed by atoms with Crippen molar-refractivity contribution in [1.29, 1.82) is 0 Å². The third kappa shape index (κ3) is 5.27. The van der Waals surface area contributed by atoms with Gasteiger partial charge in [-0.1, -0.05) is 79.7 Å². The van der Waals surface area contributed by atoms with Gasteiger partial charge in [0.25, 0.3) is 5.91 Å². The maximum atomic E-state index is 14.0. The van der Waals surface area contributed by atoms with Gasteiger partial charge in [0.2, 0.25) is 5.91 Å². The van der Waals surface area contributed by atoms with Crippen molar-refractivity contribution in [3.05, 3.63) is 76.4 Å². The lowest BCUT2D eigenvalue weighted by Gasteiger charge is -2.44. The van der Waals surface area contributed by atoms with E-state index in [0.717, 1.165) is 42.4 Å². The number of halogens is 2. The molecular weight excluding hydrogens is 507 g/mol. The lowest BCUT2D eigenvalue weighted by Crippen LogP contribution is -2.64. The van der Waals surface area contributed by atoms with Crippen LogP contribution in [0, 0.1) is 0 Å². The van der Waals surface area contributed by atoms with Gasteiger partial charge in [-0.2, -0.15) is 5.10 Å². The minimum absolute atomic E-state index is 0.124. The maximum absolute atomic E-state index is 14.0. The summed E-state index contributed by atoms with van der Waals surface area (Å²) in [5, 5.41) is 8.61. The van der Waals surface area contributed by atoms with Crippen molar-refractivity contribution in [3.8, 4) is 11.3 Å². The van der Waals surface area contributed by atoms with Crippen LogP contribution in [-0.4, -0.2) is 38.1 Å². The molecule has 1 fully saturated rings. The minimum atomic E-state index is -1.12. The molecule has 1 unspecified atom stereocenters. The fraction of sp³-hybridized carbons (Fsp3) is 0.414. The van der Waals surface area contributed by atoms with Crippen molar-refractivity contribution in [2.24, 2.45) is 0 Å². The number of hydrogen-bond acceptors (Lipinski definition) is 3. The fourth-order valence-corrected chi connectivity index (χ4v) is 5.73. The van der Waals surface area contributed by atoms with E-state index in [2.05, 4.69) is 5.32 Å². The predicted octanol–water partition coefficient (Wildman–Crippen LogP) is 6.20. The smallest absolute Gasteiger partial charge is 0.273 e. The topological polar surface area (TPSA) is 67.2 Å². The molecule has 1 aromatic heterocycles. The van der Waals surface area contributed by atoms with E-state index in [4.69, 9.17) is 28.3 Å². The van der Waals surface area contributed by atoms with Crippen LogP contribution in [0.1, 0.15) is 67.1 Å². The highest BCUT2D eigenvalue weighted by molar-refractivity contribution is 6.31. The second kappa shape index (κ2) is 10.9. The lowest BCUT2D eigenvalue weighted by molar-refractivity contribution is -0.134. The second-order valence-corrected chi connectivity index (χ2v) is 11.0. The van der Waals surface area contributed by atoms with Crippen molar-refractivity contribution in [2.75, 3.05) is 0 Å². The van der Waals surface area contributed by atoms with Crippen molar-refractivity contribution in [2.45, 2.75) is 76.0 Å². The molecule has 0 spiro atoms. The molecule has 6 nitrogen and oxygen atoms in total. The van der Waals surface area contributed by atoms with E-state index in [9.17, 15) is 9.59 Å². The number of carbonyl (C=O) groups is 2. The van der Waals surface area contributed by atoms with E-state index in [1.54, 1.807) is 21.7 Å². The normalized spacial score (nSPS) is 20.4. The van der Waals surface area contributed by atoms with E-state index in [-0.39, 0.29) is 30.9 Å². The summed E-state index contributed by atoms with van der Waals surface area (Å²) in [7, 11) is 0. The summed E-state index contributed by atoms with van der Waals surface area (Å²) in [5.74, 6) is 0.0546. The number of carbonyl (C=O) groups excluding carboxylic acids is 2. The van der Waals surface area contributed by atoms with Crippen LogP contribution in [0.25, 0.3) is 11.3 Å². The number of amides is 2. The van der Waals surface area contributed by atoms with Crippen LogP contribution < -0.4 is 5.32 Å². The highest BCUT2D eigenvalue weighted by atomic mass is 35.5. The number of benzene rings is 2. The number of rotatable bonds is 6. The Hall–Kier alpha value is -2.83. The van der Waals surface area contributed by atoms with Gasteiger partial charge < -0.3 is 10.2 Å². The SMILES string of the molecule is CC1(C(=O)NC2CCCCCC2)Cn2nc(-c3ccc(CCl)cc3)cc2C(=O)N1Cc1ccccc1Cl. The van der Waals surface area contributed by atoms with Crippen LogP contribution in [0.4, 0.5) is 0 Å². The molecule has 1 aliphatic heterocycles. The van der Waals surface area contributed by atoms with Gasteiger partial charge in [-0.15, -0.1) is 11.6 Å². The van der Waals surface area contributed by atoms with Gasteiger partial charge in [-0.05, 0) is 43.0 Å². The van der Waals surface area contributed by atoms with Crippen molar-refractivity contribution < 1.29 is 9.59 Å². The first-order valence-electron chi connectivity index (χ1n) is 13.0. The first-order chi connectivity index (χ1) is 17.9. The van der Waals surface area contributed by atoms with E-state index in [1.165, 1.54) is 12.8 Å². The molecule has 8 heteroatoms. The average molecular weight is 540 g/mol. The first-order valence-corrected chi connectivity index (χ1v) is 13.9. The van der Waals surface area contributed by atoms with Gasteiger partial charge in [0.05, 0.1) is 12.2 Å². The molecule has 1 atom stereocenters. The van der Waals surface area contributed by atoms with E-state index in [1.807, 2.05) is 49.4 Å². The van der Waals surface area contributed by atoms with Crippen molar-refractivity contribution >= 4 is 35.0 Å². The molecule has 1 saturated carbocycles. The van der Waals surface area contributed by atoms with Gasteiger partial charge in [0.1, 0.15) is 11.2 Å². The standard InChI is InChI=1S/C29H32Cl2N4O2/c1-29(28(37)32-23-9-4-2-3-5-10-23)19-35-26(16-25(33-35)21-14-12-20(17-30)13-15-21)27(36)34(29)18-22-8-6-7-11-24(22)31/h6-8,11-16,23H,2-5,9-10,17-19H2,1H3,(H,32,37). The average Bonchev–Trinajstić information content (AvgIpc) is 3.15. The molecule has 2 amide bonds. The molecule has 37 heavy (non-hydrogen) atoms. The summed E-state index contributed by atoms with van der Waals surface area (Å²) in [6, 6.07) is 17.2. The molecule has 2 aromatic carbocycles. The van der Waals surface area contributed by atoms with Gasteiger partial charge in [0, 0.05) is 29.1 Å². The molecule has 0 saturated heterocycles. The zero-order chi connectivity index (χ0) is 26.0. The number of nitrogens with zero attached hydrogens (tertiary/aromatic N) is 3. The Morgan fingerprint density at radius 3 is 2.46 bits per heavy atom. The van der Waals surface area contributed by atoms with Crippen LogP contribution in [-0.2, 0) is 23.8 Å². The summed E-state index contributed by atoms with van der Waals surface area (Å²) < 4.78 is 1.68. The van der Waals surface area contributed by atoms with Gasteiger partial charge in [0.15, 0.2) is 0 Å². The summed E-state index contributed by atoms with van der Waals surface area (Å²) in [6.07, 6.45) is 6.56. The number of hydrogen-bond donors (Lipinski definition) is 1. The fourth-order valence-electron chi connectivity index (χ4n) is 5.36. The summed E-state index contributed by atoms with van der Waals surface area (Å²) in [6.45, 7) is 2.34. The van der Waals surface area contributed by atoms with Crippen LogP contribution >= 0.6 is 23.2 Å². The van der Waals surface area contributed by atoms with Gasteiger partial charge >= 0.3 is 0 Å². The van der Waals surface area contributed by atoms with Crippen LogP contribution in [0.5, 0.6) is 0 Å². The van der Waals surface area contributed by atoms with E-state index < -0.39 is 5.54 Å². The van der Waals surface area contributed by atoms with Gasteiger partial charge in [-0.25, -0.2) is 0 Å². The third-order valence-corrected chi connectivity index (χ3v) is 8.34. The Kier molecular flexibility index (Phi) is 7.59. The van der Waals surface area contributed by atoms with Gasteiger partial charge in [-0.3, -0.25) is 14.3 Å². The summed E-state index contributed by atoms with van der Waals surface area (Å²) >= 11 is 12.4. The Morgan fingerprint density at radius 2 is 1.78 bits per heavy atom. The molecule has 1 aliphatic carbocycles. The molecule has 0 bridgehead atoms. The lowest BCUT2D eigenvalue weighted by atomic mass is 9.93. The Bertz CT molecular complexity index is 1280. The van der Waals surface area contributed by atoms with E-state index in [0.29, 0.717) is 22.3 Å². The molecule has 3 aromatic rings. The number of alkyl halides is 1. The molecule has 194 valence electrons. The number of fused-ring (bicyclic) bond motifs is 1. The molecule has 1 N–H and O–H groups in total. The second-order valence-electron chi connectivity index (χ2n) is 10.3. The zero-order valence-electron chi connectivity index (χ0n) is 21.1. The van der Waals surface area contributed by atoms with Crippen molar-refractivity contribution in [3.63, 3.8) is 0 Å². The number of nitrogens with one attached hydrogen (secondary N) is 1. The predicted molar refractivity (Wildman–Crippen MR) is 147 cm³/mol. The Balaban J connectivity index is 1.50. The van der Waals surface area contributed by atoms with Crippen molar-refractivity contribution in [1.82, 2.24) is 20.0 Å². The highest BCUT2D eigenvalue weighted by Gasteiger charge is 2.48. The monoisotopic (exact) mass is 538 g/mol. The van der Waals surface area contributed by atoms with E-state index >= 15 is 0 Å². The highest BCUT2D eigenvalue weighted by Crippen LogP contribution is 2.33.